The van der Waals surface area contributed by atoms with Crippen molar-refractivity contribution in [3.05, 3.63) is 70.9 Å². The van der Waals surface area contributed by atoms with E-state index in [9.17, 15) is 5.26 Å². The minimum atomic E-state index is 0.510. The van der Waals surface area contributed by atoms with Crippen molar-refractivity contribution in [3.63, 3.8) is 0 Å². The Balaban J connectivity index is 1.60. The predicted octanol–water partition coefficient (Wildman–Crippen LogP) is 4.41. The third-order valence-corrected chi connectivity index (χ3v) is 5.84. The summed E-state index contributed by atoms with van der Waals surface area (Å²) in [5.74, 6) is 0. The highest BCUT2D eigenvalue weighted by Crippen LogP contribution is 2.43. The number of fused-ring (bicyclic) bond motifs is 3. The molecule has 1 aliphatic carbocycles. The quantitative estimate of drug-likeness (QED) is 0.698. The highest BCUT2D eigenvalue weighted by Gasteiger charge is 2.34. The van der Waals surface area contributed by atoms with Crippen molar-refractivity contribution in [1.82, 2.24) is 9.47 Å². The number of benzene rings is 2. The van der Waals surface area contributed by atoms with Gasteiger partial charge in [0, 0.05) is 36.2 Å². The van der Waals surface area contributed by atoms with Crippen LogP contribution in [0.2, 0.25) is 0 Å². The summed E-state index contributed by atoms with van der Waals surface area (Å²) in [5, 5.41) is 10.6. The Kier molecular flexibility index (Phi) is 3.39. The van der Waals surface area contributed by atoms with Gasteiger partial charge in [-0.2, -0.15) is 5.26 Å². The summed E-state index contributed by atoms with van der Waals surface area (Å²) in [5.41, 5.74) is 6.48. The molecule has 0 saturated carbocycles. The second-order valence-corrected chi connectivity index (χ2v) is 7.22. The number of aromatic nitrogens is 1. The van der Waals surface area contributed by atoms with Crippen LogP contribution in [0.4, 0.5) is 0 Å². The summed E-state index contributed by atoms with van der Waals surface area (Å²) in [7, 11) is 0. The second-order valence-electron chi connectivity index (χ2n) is 7.22. The van der Waals surface area contributed by atoms with Crippen molar-refractivity contribution in [2.45, 2.75) is 38.4 Å². The van der Waals surface area contributed by atoms with E-state index in [0.29, 0.717) is 6.04 Å². The van der Waals surface area contributed by atoms with Crippen LogP contribution in [0.5, 0.6) is 0 Å². The highest BCUT2D eigenvalue weighted by atomic mass is 15.2. The standard InChI is InChI=1S/C22H21N3/c23-14-17-9-10-20-19(13-17)18-7-4-8-21-22(18)25(20)12-11-24(21)15-16-5-2-1-3-6-16/h1-3,5-6,9-10,13,21H,4,7-8,11-12,15H2. The summed E-state index contributed by atoms with van der Waals surface area (Å²) in [6.07, 6.45) is 3.61. The van der Waals surface area contributed by atoms with Crippen LogP contribution in [0.25, 0.3) is 10.9 Å². The molecule has 1 unspecified atom stereocenters. The topological polar surface area (TPSA) is 32.0 Å². The first-order chi connectivity index (χ1) is 12.3. The van der Waals surface area contributed by atoms with Crippen LogP contribution >= 0.6 is 0 Å². The lowest BCUT2D eigenvalue weighted by Gasteiger charge is -2.40. The van der Waals surface area contributed by atoms with E-state index >= 15 is 0 Å². The zero-order valence-corrected chi connectivity index (χ0v) is 14.3. The van der Waals surface area contributed by atoms with Crippen LogP contribution in [0.15, 0.2) is 48.5 Å². The Morgan fingerprint density at radius 3 is 2.80 bits per heavy atom. The molecule has 0 saturated heterocycles. The Labute approximate surface area is 148 Å². The van der Waals surface area contributed by atoms with Gasteiger partial charge in [0.2, 0.25) is 0 Å². The van der Waals surface area contributed by atoms with Crippen molar-refractivity contribution >= 4 is 10.9 Å². The molecule has 124 valence electrons. The molecule has 0 spiro atoms. The van der Waals surface area contributed by atoms with Crippen LogP contribution in [-0.2, 0) is 19.5 Å². The first-order valence-corrected chi connectivity index (χ1v) is 9.18. The van der Waals surface area contributed by atoms with E-state index in [0.717, 1.165) is 31.6 Å². The van der Waals surface area contributed by atoms with Crippen LogP contribution in [0.3, 0.4) is 0 Å². The number of hydrogen-bond donors (Lipinski definition) is 0. The highest BCUT2D eigenvalue weighted by molar-refractivity contribution is 5.87. The molecule has 0 amide bonds. The number of hydrogen-bond acceptors (Lipinski definition) is 2. The van der Waals surface area contributed by atoms with Gasteiger partial charge < -0.3 is 4.57 Å². The molecular weight excluding hydrogens is 306 g/mol. The van der Waals surface area contributed by atoms with Gasteiger partial charge in [-0.25, -0.2) is 0 Å². The molecule has 5 rings (SSSR count). The fraction of sp³-hybridized carbons (Fsp3) is 0.318. The summed E-state index contributed by atoms with van der Waals surface area (Å²) >= 11 is 0. The number of aryl methyl sites for hydroxylation is 1. The molecule has 1 aromatic heterocycles. The lowest BCUT2D eigenvalue weighted by atomic mass is 9.89. The predicted molar refractivity (Wildman–Crippen MR) is 99.2 cm³/mol. The minimum absolute atomic E-state index is 0.510. The monoisotopic (exact) mass is 327 g/mol. The number of nitrogens with zero attached hydrogens (tertiary/aromatic N) is 3. The maximum absolute atomic E-state index is 9.27. The molecule has 0 N–H and O–H groups in total. The lowest BCUT2D eigenvalue weighted by Crippen LogP contribution is -2.39. The van der Waals surface area contributed by atoms with Crippen molar-refractivity contribution < 1.29 is 0 Å². The molecule has 0 bridgehead atoms. The third kappa shape index (κ3) is 2.29. The number of rotatable bonds is 2. The molecule has 3 nitrogen and oxygen atoms in total. The molecule has 1 atom stereocenters. The average Bonchev–Trinajstić information content (AvgIpc) is 2.99. The minimum Gasteiger partial charge on any atom is -0.342 e. The van der Waals surface area contributed by atoms with E-state index in [2.05, 4.69) is 58.0 Å². The Morgan fingerprint density at radius 2 is 1.96 bits per heavy atom. The van der Waals surface area contributed by atoms with Crippen LogP contribution in [0.1, 0.15) is 41.3 Å². The van der Waals surface area contributed by atoms with Crippen molar-refractivity contribution in [1.29, 1.82) is 5.26 Å². The van der Waals surface area contributed by atoms with Gasteiger partial charge in [-0.05, 0) is 48.6 Å². The second kappa shape index (κ2) is 5.75. The first-order valence-electron chi connectivity index (χ1n) is 9.18. The van der Waals surface area contributed by atoms with Gasteiger partial charge in [0.05, 0.1) is 17.7 Å². The molecule has 25 heavy (non-hydrogen) atoms. The van der Waals surface area contributed by atoms with Gasteiger partial charge in [0.15, 0.2) is 0 Å². The van der Waals surface area contributed by atoms with Gasteiger partial charge in [-0.3, -0.25) is 4.90 Å². The Morgan fingerprint density at radius 1 is 1.08 bits per heavy atom. The van der Waals surface area contributed by atoms with E-state index < -0.39 is 0 Å². The normalized spacial score (nSPS) is 19.6. The summed E-state index contributed by atoms with van der Waals surface area (Å²) in [4.78, 5) is 2.65. The molecule has 0 radical (unpaired) electrons. The van der Waals surface area contributed by atoms with E-state index in [1.807, 2.05) is 6.07 Å². The third-order valence-electron chi connectivity index (χ3n) is 5.84. The fourth-order valence-corrected chi connectivity index (χ4v) is 4.75. The van der Waals surface area contributed by atoms with Crippen molar-refractivity contribution in [2.75, 3.05) is 6.54 Å². The fourth-order valence-electron chi connectivity index (χ4n) is 4.75. The van der Waals surface area contributed by atoms with Crippen LogP contribution in [-0.4, -0.2) is 16.0 Å². The molecule has 2 aromatic carbocycles. The van der Waals surface area contributed by atoms with Gasteiger partial charge in [-0.1, -0.05) is 30.3 Å². The summed E-state index contributed by atoms with van der Waals surface area (Å²) in [6, 6.07) is 19.8. The van der Waals surface area contributed by atoms with E-state index in [1.165, 1.54) is 40.6 Å². The van der Waals surface area contributed by atoms with E-state index in [1.54, 1.807) is 0 Å². The Hall–Kier alpha value is -2.57. The maximum Gasteiger partial charge on any atom is 0.0991 e. The van der Waals surface area contributed by atoms with Crippen molar-refractivity contribution in [2.24, 2.45) is 0 Å². The van der Waals surface area contributed by atoms with E-state index in [-0.39, 0.29) is 0 Å². The molecule has 2 aliphatic rings. The largest absolute Gasteiger partial charge is 0.342 e. The molecular formula is C22H21N3. The average molecular weight is 327 g/mol. The Bertz CT molecular complexity index is 978. The molecule has 1 aliphatic heterocycles. The van der Waals surface area contributed by atoms with Gasteiger partial charge in [0.1, 0.15) is 0 Å². The zero-order valence-electron chi connectivity index (χ0n) is 14.3. The summed E-state index contributed by atoms with van der Waals surface area (Å²) in [6.45, 7) is 3.16. The summed E-state index contributed by atoms with van der Waals surface area (Å²) < 4.78 is 2.52. The maximum atomic E-state index is 9.27. The SMILES string of the molecule is N#Cc1ccc2c(c1)c1c3n2CCN(Cc2ccccc2)C3CCC1. The molecule has 3 aromatic rings. The van der Waals surface area contributed by atoms with Gasteiger partial charge >= 0.3 is 0 Å². The smallest absolute Gasteiger partial charge is 0.0991 e. The van der Waals surface area contributed by atoms with Crippen LogP contribution in [0, 0.1) is 11.3 Å². The van der Waals surface area contributed by atoms with Gasteiger partial charge in [0.25, 0.3) is 0 Å². The molecule has 0 fully saturated rings. The first kappa shape index (κ1) is 14.7. The number of nitriles is 1. The van der Waals surface area contributed by atoms with Crippen LogP contribution < -0.4 is 0 Å². The lowest BCUT2D eigenvalue weighted by molar-refractivity contribution is 0.133. The molecule has 3 heteroatoms. The van der Waals surface area contributed by atoms with E-state index in [4.69, 9.17) is 0 Å². The molecule has 2 heterocycles. The van der Waals surface area contributed by atoms with Crippen molar-refractivity contribution in [3.8, 4) is 6.07 Å². The van der Waals surface area contributed by atoms with Gasteiger partial charge in [-0.15, -0.1) is 0 Å². The zero-order chi connectivity index (χ0) is 16.8.